The van der Waals surface area contributed by atoms with E-state index in [-0.39, 0.29) is 16.8 Å². The molecule has 1 atom stereocenters. The van der Waals surface area contributed by atoms with Gasteiger partial charge in [0, 0.05) is 12.2 Å². The average Bonchev–Trinajstić information content (AvgIpc) is 2.41. The molecule has 0 radical (unpaired) electrons. The van der Waals surface area contributed by atoms with E-state index < -0.39 is 10.0 Å². The molecule has 20 heavy (non-hydrogen) atoms. The molecule has 1 aromatic heterocycles. The van der Waals surface area contributed by atoms with E-state index in [9.17, 15) is 8.42 Å². The maximum absolute atomic E-state index is 12.3. The van der Waals surface area contributed by atoms with Crippen LogP contribution < -0.4 is 10.5 Å². The average molecular weight is 356 g/mol. The number of pyridine rings is 1. The standard InChI is InChI=1S/C13H14BrN3O2S/c1-9(15)10-4-2-5-11(8-10)20(18,19)17-13-12(14)6-3-7-16-13/h2-9H,15H2,1H3,(H,16,17). The highest BCUT2D eigenvalue weighted by Gasteiger charge is 2.17. The number of rotatable bonds is 4. The van der Waals surface area contributed by atoms with Crippen LogP contribution in [0.3, 0.4) is 0 Å². The molecule has 0 saturated carbocycles. The Morgan fingerprint density at radius 1 is 1.30 bits per heavy atom. The summed E-state index contributed by atoms with van der Waals surface area (Å²) in [6, 6.07) is 9.73. The van der Waals surface area contributed by atoms with Crippen molar-refractivity contribution in [3.63, 3.8) is 0 Å². The lowest BCUT2D eigenvalue weighted by Gasteiger charge is -2.11. The summed E-state index contributed by atoms with van der Waals surface area (Å²) in [5.41, 5.74) is 6.52. The molecule has 5 nitrogen and oxygen atoms in total. The van der Waals surface area contributed by atoms with E-state index in [0.29, 0.717) is 4.47 Å². The summed E-state index contributed by atoms with van der Waals surface area (Å²) in [5.74, 6) is 0.249. The Hall–Kier alpha value is -1.44. The zero-order valence-electron chi connectivity index (χ0n) is 10.7. The van der Waals surface area contributed by atoms with Crippen molar-refractivity contribution in [3.8, 4) is 0 Å². The molecule has 0 saturated heterocycles. The van der Waals surface area contributed by atoms with Gasteiger partial charge in [0.25, 0.3) is 10.0 Å². The molecule has 0 spiro atoms. The Labute approximate surface area is 126 Å². The van der Waals surface area contributed by atoms with Gasteiger partial charge in [0.2, 0.25) is 0 Å². The molecular weight excluding hydrogens is 342 g/mol. The van der Waals surface area contributed by atoms with Gasteiger partial charge < -0.3 is 5.73 Å². The molecule has 1 aromatic carbocycles. The van der Waals surface area contributed by atoms with Crippen LogP contribution in [-0.2, 0) is 10.0 Å². The zero-order valence-corrected chi connectivity index (χ0v) is 13.1. The molecule has 0 bridgehead atoms. The predicted molar refractivity (Wildman–Crippen MR) is 81.8 cm³/mol. The number of hydrogen-bond donors (Lipinski definition) is 2. The number of benzene rings is 1. The summed E-state index contributed by atoms with van der Waals surface area (Å²) in [4.78, 5) is 4.14. The maximum atomic E-state index is 12.3. The second-order valence-electron chi connectivity index (χ2n) is 4.30. The van der Waals surface area contributed by atoms with Gasteiger partial charge in [0.05, 0.1) is 9.37 Å². The molecule has 0 aliphatic rings. The molecule has 3 N–H and O–H groups in total. The first-order valence-corrected chi connectivity index (χ1v) is 8.16. The molecule has 0 aliphatic heterocycles. The minimum Gasteiger partial charge on any atom is -0.324 e. The summed E-state index contributed by atoms with van der Waals surface area (Å²) >= 11 is 3.25. The van der Waals surface area contributed by atoms with Crippen LogP contribution in [0, 0.1) is 0 Å². The minimum atomic E-state index is -3.69. The zero-order chi connectivity index (χ0) is 14.8. The van der Waals surface area contributed by atoms with Crippen molar-refractivity contribution in [2.75, 3.05) is 4.72 Å². The summed E-state index contributed by atoms with van der Waals surface area (Å²) in [6.07, 6.45) is 1.51. The topological polar surface area (TPSA) is 85.1 Å². The fraction of sp³-hybridized carbons (Fsp3) is 0.154. The van der Waals surface area contributed by atoms with E-state index >= 15 is 0 Å². The Morgan fingerprint density at radius 2 is 2.05 bits per heavy atom. The quantitative estimate of drug-likeness (QED) is 0.882. The van der Waals surface area contributed by atoms with Gasteiger partial charge >= 0.3 is 0 Å². The molecule has 2 aromatic rings. The highest BCUT2D eigenvalue weighted by molar-refractivity contribution is 9.10. The molecule has 1 unspecified atom stereocenters. The molecule has 0 amide bonds. The summed E-state index contributed by atoms with van der Waals surface area (Å²) in [7, 11) is -3.69. The van der Waals surface area contributed by atoms with Crippen LogP contribution in [-0.4, -0.2) is 13.4 Å². The normalized spacial score (nSPS) is 12.9. The number of hydrogen-bond acceptors (Lipinski definition) is 4. The highest BCUT2D eigenvalue weighted by atomic mass is 79.9. The second-order valence-corrected chi connectivity index (χ2v) is 6.84. The first-order chi connectivity index (χ1) is 9.40. The largest absolute Gasteiger partial charge is 0.324 e. The van der Waals surface area contributed by atoms with Crippen LogP contribution >= 0.6 is 15.9 Å². The van der Waals surface area contributed by atoms with E-state index in [1.165, 1.54) is 12.3 Å². The third-order valence-electron chi connectivity index (χ3n) is 2.68. The van der Waals surface area contributed by atoms with E-state index in [0.717, 1.165) is 5.56 Å². The molecule has 106 valence electrons. The fourth-order valence-corrected chi connectivity index (χ4v) is 3.18. The van der Waals surface area contributed by atoms with Gasteiger partial charge in [0.15, 0.2) is 5.82 Å². The van der Waals surface area contributed by atoms with Crippen LogP contribution in [0.15, 0.2) is 52.0 Å². The van der Waals surface area contributed by atoms with E-state index in [2.05, 4.69) is 25.6 Å². The van der Waals surface area contributed by atoms with Crippen LogP contribution in [0.25, 0.3) is 0 Å². The van der Waals surface area contributed by atoms with Gasteiger partial charge in [0.1, 0.15) is 0 Å². The van der Waals surface area contributed by atoms with Gasteiger partial charge in [-0.3, -0.25) is 4.72 Å². The number of nitrogens with two attached hydrogens (primary N) is 1. The van der Waals surface area contributed by atoms with E-state index in [1.54, 1.807) is 37.3 Å². The summed E-state index contributed by atoms with van der Waals surface area (Å²) in [6.45, 7) is 1.80. The Bertz CT molecular complexity index is 717. The van der Waals surface area contributed by atoms with Crippen LogP contribution in [0.1, 0.15) is 18.5 Å². The monoisotopic (exact) mass is 355 g/mol. The molecule has 0 aliphatic carbocycles. The van der Waals surface area contributed by atoms with Crippen molar-refractivity contribution in [2.45, 2.75) is 17.9 Å². The highest BCUT2D eigenvalue weighted by Crippen LogP contribution is 2.23. The summed E-state index contributed by atoms with van der Waals surface area (Å²) < 4.78 is 27.6. The van der Waals surface area contributed by atoms with Gasteiger partial charge in [-0.05, 0) is 52.7 Å². The van der Waals surface area contributed by atoms with Crippen LogP contribution in [0.2, 0.25) is 0 Å². The second kappa shape index (κ2) is 5.90. The third-order valence-corrected chi connectivity index (χ3v) is 4.66. The maximum Gasteiger partial charge on any atom is 0.263 e. The predicted octanol–water partition coefficient (Wildman–Crippen LogP) is 2.66. The fourth-order valence-electron chi connectivity index (χ4n) is 1.61. The minimum absolute atomic E-state index is 0.157. The number of nitrogens with one attached hydrogen (secondary N) is 1. The van der Waals surface area contributed by atoms with Crippen LogP contribution in [0.5, 0.6) is 0 Å². The number of halogens is 1. The lowest BCUT2D eigenvalue weighted by Crippen LogP contribution is -2.15. The molecule has 0 fully saturated rings. The van der Waals surface area contributed by atoms with Gasteiger partial charge in [-0.25, -0.2) is 13.4 Å². The first kappa shape index (κ1) is 15.0. The van der Waals surface area contributed by atoms with Crippen LogP contribution in [0.4, 0.5) is 5.82 Å². The Balaban J connectivity index is 2.36. The van der Waals surface area contributed by atoms with E-state index in [1.807, 2.05) is 0 Å². The Morgan fingerprint density at radius 3 is 2.70 bits per heavy atom. The molecule has 2 rings (SSSR count). The van der Waals surface area contributed by atoms with Crippen molar-refractivity contribution in [1.82, 2.24) is 4.98 Å². The Kier molecular flexibility index (Phi) is 4.42. The lowest BCUT2D eigenvalue weighted by molar-refractivity contribution is 0.600. The number of anilines is 1. The van der Waals surface area contributed by atoms with Gasteiger partial charge in [-0.2, -0.15) is 0 Å². The van der Waals surface area contributed by atoms with Crippen molar-refractivity contribution in [3.05, 3.63) is 52.6 Å². The van der Waals surface area contributed by atoms with Gasteiger partial charge in [-0.15, -0.1) is 0 Å². The van der Waals surface area contributed by atoms with Gasteiger partial charge in [-0.1, -0.05) is 12.1 Å². The molecule has 7 heteroatoms. The van der Waals surface area contributed by atoms with Crippen molar-refractivity contribution in [1.29, 1.82) is 0 Å². The summed E-state index contributed by atoms with van der Waals surface area (Å²) in [5, 5.41) is 0. The first-order valence-electron chi connectivity index (χ1n) is 5.89. The van der Waals surface area contributed by atoms with Crippen molar-refractivity contribution in [2.24, 2.45) is 5.73 Å². The molecular formula is C13H14BrN3O2S. The van der Waals surface area contributed by atoms with E-state index in [4.69, 9.17) is 5.73 Å². The third kappa shape index (κ3) is 3.36. The number of nitrogens with zero attached hydrogens (tertiary/aromatic N) is 1. The van der Waals surface area contributed by atoms with Crippen molar-refractivity contribution >= 4 is 31.8 Å². The number of aromatic nitrogens is 1. The SMILES string of the molecule is CC(N)c1cccc(S(=O)(=O)Nc2ncccc2Br)c1. The number of sulfonamides is 1. The molecule has 1 heterocycles. The lowest BCUT2D eigenvalue weighted by atomic mass is 10.1. The van der Waals surface area contributed by atoms with Crippen molar-refractivity contribution < 1.29 is 8.42 Å². The smallest absolute Gasteiger partial charge is 0.263 e.